The Morgan fingerprint density at radius 2 is 1.71 bits per heavy atom. The summed E-state index contributed by atoms with van der Waals surface area (Å²) < 4.78 is 7.42. The van der Waals surface area contributed by atoms with Crippen LogP contribution in [0.25, 0.3) is 5.69 Å². The number of quaternary nitrogens is 1. The second kappa shape index (κ2) is 9.90. The van der Waals surface area contributed by atoms with Crippen molar-refractivity contribution < 1.29 is 14.4 Å². The van der Waals surface area contributed by atoms with Gasteiger partial charge in [-0.1, -0.05) is 48.5 Å². The van der Waals surface area contributed by atoms with Gasteiger partial charge in [-0.05, 0) is 31.5 Å². The van der Waals surface area contributed by atoms with E-state index >= 15 is 0 Å². The zero-order chi connectivity index (χ0) is 21.6. The Morgan fingerprint density at radius 1 is 1.06 bits per heavy atom. The number of hydrogen-bond donors (Lipinski definition) is 2. The Bertz CT molecular complexity index is 995. The van der Waals surface area contributed by atoms with Gasteiger partial charge in [-0.15, -0.1) is 0 Å². The number of hydrogen-bond acceptors (Lipinski definition) is 3. The molecule has 162 valence electrons. The summed E-state index contributed by atoms with van der Waals surface area (Å²) in [5.74, 6) is 0.0281. The highest BCUT2D eigenvalue weighted by Crippen LogP contribution is 2.19. The van der Waals surface area contributed by atoms with Gasteiger partial charge in [0.15, 0.2) is 0 Å². The fourth-order valence-electron chi connectivity index (χ4n) is 4.25. The Hall–Kier alpha value is -2.96. The summed E-state index contributed by atoms with van der Waals surface area (Å²) in [7, 11) is 0. The highest BCUT2D eigenvalue weighted by Gasteiger charge is 2.24. The van der Waals surface area contributed by atoms with Gasteiger partial charge < -0.3 is 15.0 Å². The lowest BCUT2D eigenvalue weighted by molar-refractivity contribution is -0.909. The maximum Gasteiger partial charge on any atom is 0.225 e. The molecule has 2 heterocycles. The number of carbonyl (C=O) groups excluding carboxylic acids is 1. The number of amides is 1. The fourth-order valence-corrected chi connectivity index (χ4v) is 4.25. The molecule has 1 saturated heterocycles. The molecule has 2 N–H and O–H groups in total. The zero-order valence-corrected chi connectivity index (χ0v) is 18.3. The van der Waals surface area contributed by atoms with E-state index in [1.807, 2.05) is 67.1 Å². The predicted octanol–water partition coefficient (Wildman–Crippen LogP) is 1.80. The number of nitrogens with zero attached hydrogens (tertiary/aromatic N) is 2. The summed E-state index contributed by atoms with van der Waals surface area (Å²) in [6.45, 7) is 8.37. The van der Waals surface area contributed by atoms with E-state index in [1.54, 1.807) is 0 Å². The van der Waals surface area contributed by atoms with E-state index in [-0.39, 0.29) is 11.9 Å². The molecule has 3 aromatic rings. The number of morpholine rings is 1. The first-order valence-electron chi connectivity index (χ1n) is 11.0. The number of aryl methyl sites for hydroxylation is 1. The molecule has 6 heteroatoms. The van der Waals surface area contributed by atoms with Gasteiger partial charge in [0.1, 0.15) is 25.7 Å². The summed E-state index contributed by atoms with van der Waals surface area (Å²) in [6.07, 6.45) is 0.326. The van der Waals surface area contributed by atoms with E-state index in [4.69, 9.17) is 4.74 Å². The van der Waals surface area contributed by atoms with Gasteiger partial charge in [-0.3, -0.25) is 4.79 Å². The molecular weight excluding hydrogens is 388 g/mol. The molecule has 6 nitrogen and oxygen atoms in total. The largest absolute Gasteiger partial charge is 0.370 e. The SMILES string of the molecule is Cc1nn(-c2ccccc2)c(C)c1CC(=O)N[C@H](C[NH+]1CCOCC1)c1ccccc1. The summed E-state index contributed by atoms with van der Waals surface area (Å²) in [6, 6.07) is 20.3. The van der Waals surface area contributed by atoms with Crippen LogP contribution in [0.4, 0.5) is 0 Å². The first kappa shape index (κ1) is 21.3. The minimum Gasteiger partial charge on any atom is -0.370 e. The van der Waals surface area contributed by atoms with E-state index in [1.165, 1.54) is 4.90 Å². The van der Waals surface area contributed by atoms with Gasteiger partial charge in [0, 0.05) is 11.3 Å². The van der Waals surface area contributed by atoms with Crippen LogP contribution in [0.2, 0.25) is 0 Å². The summed E-state index contributed by atoms with van der Waals surface area (Å²) in [4.78, 5) is 14.6. The molecule has 0 unspecified atom stereocenters. The molecule has 2 aromatic carbocycles. The first-order chi connectivity index (χ1) is 15.1. The number of carbonyl (C=O) groups is 1. The van der Waals surface area contributed by atoms with Crippen molar-refractivity contribution in [1.82, 2.24) is 15.1 Å². The molecule has 1 aliphatic rings. The molecule has 1 fully saturated rings. The second-order valence-corrected chi connectivity index (χ2v) is 8.17. The van der Waals surface area contributed by atoms with E-state index < -0.39 is 0 Å². The normalized spacial score (nSPS) is 15.5. The number of rotatable bonds is 7. The maximum atomic E-state index is 13.1. The van der Waals surface area contributed by atoms with Gasteiger partial charge in [0.2, 0.25) is 5.91 Å². The lowest BCUT2D eigenvalue weighted by Crippen LogP contribution is -3.14. The number of aromatic nitrogens is 2. The Labute approximate surface area is 183 Å². The van der Waals surface area contributed by atoms with Crippen molar-refractivity contribution in [2.75, 3.05) is 32.8 Å². The quantitative estimate of drug-likeness (QED) is 0.614. The van der Waals surface area contributed by atoms with Crippen molar-refractivity contribution in [2.24, 2.45) is 0 Å². The highest BCUT2D eigenvalue weighted by atomic mass is 16.5. The van der Waals surface area contributed by atoms with Crippen molar-refractivity contribution in [3.8, 4) is 5.69 Å². The van der Waals surface area contributed by atoms with Crippen molar-refractivity contribution in [3.63, 3.8) is 0 Å². The third-order valence-corrected chi connectivity index (χ3v) is 6.01. The van der Waals surface area contributed by atoms with Crippen LogP contribution < -0.4 is 10.2 Å². The molecule has 31 heavy (non-hydrogen) atoms. The lowest BCUT2D eigenvalue weighted by atomic mass is 10.0. The second-order valence-electron chi connectivity index (χ2n) is 8.17. The topological polar surface area (TPSA) is 60.6 Å². The number of ether oxygens (including phenoxy) is 1. The predicted molar refractivity (Wildman–Crippen MR) is 120 cm³/mol. The summed E-state index contributed by atoms with van der Waals surface area (Å²) >= 11 is 0. The molecule has 0 radical (unpaired) electrons. The molecule has 0 spiro atoms. The lowest BCUT2D eigenvalue weighted by Gasteiger charge is -2.28. The molecule has 1 amide bonds. The minimum absolute atomic E-state index is 0.0217. The van der Waals surface area contributed by atoms with Gasteiger partial charge in [0.25, 0.3) is 0 Å². The summed E-state index contributed by atoms with van der Waals surface area (Å²) in [5, 5.41) is 7.98. The summed E-state index contributed by atoms with van der Waals surface area (Å²) in [5.41, 5.74) is 5.04. The Morgan fingerprint density at radius 3 is 2.39 bits per heavy atom. The number of para-hydroxylation sites is 1. The van der Waals surface area contributed by atoms with Crippen LogP contribution in [0, 0.1) is 13.8 Å². The molecule has 4 rings (SSSR count). The van der Waals surface area contributed by atoms with Crippen LogP contribution in [-0.2, 0) is 16.0 Å². The third kappa shape index (κ3) is 5.21. The molecule has 1 atom stereocenters. The van der Waals surface area contributed by atoms with Crippen LogP contribution in [0.15, 0.2) is 60.7 Å². The van der Waals surface area contributed by atoms with Crippen LogP contribution in [0.1, 0.15) is 28.6 Å². The van der Waals surface area contributed by atoms with Crippen LogP contribution in [0.5, 0.6) is 0 Å². The van der Waals surface area contributed by atoms with Crippen molar-refractivity contribution >= 4 is 5.91 Å². The molecule has 0 aliphatic carbocycles. The fraction of sp³-hybridized carbons (Fsp3) is 0.360. The number of nitrogens with one attached hydrogen (secondary N) is 2. The van der Waals surface area contributed by atoms with Crippen molar-refractivity contribution in [2.45, 2.75) is 26.3 Å². The zero-order valence-electron chi connectivity index (χ0n) is 18.3. The minimum atomic E-state index is -0.0217. The molecular formula is C25H31N4O2+. The van der Waals surface area contributed by atoms with Gasteiger partial charge in [-0.2, -0.15) is 5.10 Å². The van der Waals surface area contributed by atoms with Gasteiger partial charge >= 0.3 is 0 Å². The molecule has 0 saturated carbocycles. The maximum absolute atomic E-state index is 13.1. The monoisotopic (exact) mass is 419 g/mol. The standard InChI is InChI=1S/C25H30N4O2/c1-19-23(20(2)29(27-19)22-11-7-4-8-12-22)17-25(30)26-24(21-9-5-3-6-10-21)18-28-13-15-31-16-14-28/h3-12,24H,13-18H2,1-2H3,(H,26,30)/p+1/t24-/m1/s1. The highest BCUT2D eigenvalue weighted by molar-refractivity contribution is 5.79. The van der Waals surface area contributed by atoms with E-state index in [0.717, 1.165) is 61.1 Å². The van der Waals surface area contributed by atoms with Crippen LogP contribution in [0.3, 0.4) is 0 Å². The van der Waals surface area contributed by atoms with E-state index in [9.17, 15) is 4.79 Å². The average Bonchev–Trinajstić information content (AvgIpc) is 3.09. The van der Waals surface area contributed by atoms with Crippen molar-refractivity contribution in [1.29, 1.82) is 0 Å². The molecule has 1 aliphatic heterocycles. The van der Waals surface area contributed by atoms with Gasteiger partial charge in [-0.25, -0.2) is 4.68 Å². The van der Waals surface area contributed by atoms with E-state index in [2.05, 4.69) is 22.5 Å². The smallest absolute Gasteiger partial charge is 0.225 e. The number of benzene rings is 2. The molecule has 0 bridgehead atoms. The molecule has 1 aromatic heterocycles. The van der Waals surface area contributed by atoms with Crippen LogP contribution >= 0.6 is 0 Å². The Balaban J connectivity index is 1.49. The van der Waals surface area contributed by atoms with Gasteiger partial charge in [0.05, 0.1) is 31.0 Å². The Kier molecular flexibility index (Phi) is 6.79. The van der Waals surface area contributed by atoms with E-state index in [0.29, 0.717) is 6.42 Å². The third-order valence-electron chi connectivity index (χ3n) is 6.01. The van der Waals surface area contributed by atoms with Crippen molar-refractivity contribution in [3.05, 3.63) is 83.2 Å². The average molecular weight is 420 g/mol. The first-order valence-corrected chi connectivity index (χ1v) is 11.0. The van der Waals surface area contributed by atoms with Crippen LogP contribution in [-0.4, -0.2) is 48.5 Å².